The molecule has 0 aliphatic heterocycles. The van der Waals surface area contributed by atoms with E-state index in [4.69, 9.17) is 11.6 Å². The maximum Gasteiger partial charge on any atom is 0.238 e. The highest BCUT2D eigenvalue weighted by Gasteiger charge is 2.07. The summed E-state index contributed by atoms with van der Waals surface area (Å²) in [5, 5.41) is 14.9. The number of carbonyl (C=O) groups excluding carboxylic acids is 1. The van der Waals surface area contributed by atoms with Gasteiger partial charge in [0.2, 0.25) is 5.91 Å². The van der Waals surface area contributed by atoms with Crippen molar-refractivity contribution in [1.29, 1.82) is 0 Å². The van der Waals surface area contributed by atoms with Gasteiger partial charge in [-0.2, -0.15) is 0 Å². The Balaban J connectivity index is 1.72. The number of hydrogen-bond donors (Lipinski definition) is 3. The molecule has 0 radical (unpaired) electrons. The molecule has 116 valence electrons. The standard InChI is InChI=1S/C16H16ClFN2O2/c17-12-3-6-15(14(18)9-12)20-16(22)10-19-8-7-11-1-4-13(21)5-2-11/h1-6,9,19,21H,7-8,10H2,(H,20,22). The molecule has 2 aromatic carbocycles. The van der Waals surface area contributed by atoms with Crippen LogP contribution in [0.5, 0.6) is 5.75 Å². The van der Waals surface area contributed by atoms with Crippen LogP contribution >= 0.6 is 11.6 Å². The molecular weight excluding hydrogens is 307 g/mol. The number of phenolic OH excluding ortho intramolecular Hbond substituents is 1. The van der Waals surface area contributed by atoms with Crippen molar-refractivity contribution in [2.24, 2.45) is 0 Å². The summed E-state index contributed by atoms with van der Waals surface area (Å²) in [7, 11) is 0. The average Bonchev–Trinajstić information content (AvgIpc) is 2.48. The van der Waals surface area contributed by atoms with Gasteiger partial charge in [-0.25, -0.2) is 4.39 Å². The lowest BCUT2D eigenvalue weighted by molar-refractivity contribution is -0.115. The topological polar surface area (TPSA) is 61.4 Å². The lowest BCUT2D eigenvalue weighted by atomic mass is 10.1. The molecule has 22 heavy (non-hydrogen) atoms. The van der Waals surface area contributed by atoms with Gasteiger partial charge in [-0.05, 0) is 48.9 Å². The van der Waals surface area contributed by atoms with E-state index in [1.54, 1.807) is 12.1 Å². The molecule has 6 heteroatoms. The monoisotopic (exact) mass is 322 g/mol. The van der Waals surface area contributed by atoms with Crippen LogP contribution in [0.4, 0.5) is 10.1 Å². The molecule has 0 atom stereocenters. The fourth-order valence-corrected chi connectivity index (χ4v) is 2.04. The van der Waals surface area contributed by atoms with Crippen LogP contribution in [0.1, 0.15) is 5.56 Å². The van der Waals surface area contributed by atoms with Gasteiger partial charge in [-0.3, -0.25) is 4.79 Å². The van der Waals surface area contributed by atoms with Crippen LogP contribution in [0, 0.1) is 5.82 Å². The van der Waals surface area contributed by atoms with Gasteiger partial charge in [0.05, 0.1) is 12.2 Å². The number of carbonyl (C=O) groups is 1. The summed E-state index contributed by atoms with van der Waals surface area (Å²) in [6.45, 7) is 0.682. The minimum atomic E-state index is -0.565. The third kappa shape index (κ3) is 5.02. The molecule has 0 aromatic heterocycles. The molecule has 0 fully saturated rings. The molecule has 0 spiro atoms. The Hall–Kier alpha value is -2.11. The van der Waals surface area contributed by atoms with E-state index >= 15 is 0 Å². The molecule has 1 amide bonds. The van der Waals surface area contributed by atoms with Gasteiger partial charge in [-0.15, -0.1) is 0 Å². The quantitative estimate of drug-likeness (QED) is 0.717. The molecule has 0 aliphatic carbocycles. The van der Waals surface area contributed by atoms with Gasteiger partial charge in [0.25, 0.3) is 0 Å². The zero-order chi connectivity index (χ0) is 15.9. The van der Waals surface area contributed by atoms with Gasteiger partial charge < -0.3 is 15.7 Å². The van der Waals surface area contributed by atoms with E-state index in [2.05, 4.69) is 10.6 Å². The number of aromatic hydroxyl groups is 1. The summed E-state index contributed by atoms with van der Waals surface area (Å²) in [6.07, 6.45) is 0.725. The Morgan fingerprint density at radius 2 is 1.91 bits per heavy atom. The minimum absolute atomic E-state index is 0.0835. The highest BCUT2D eigenvalue weighted by atomic mass is 35.5. The molecule has 2 rings (SSSR count). The number of rotatable bonds is 6. The molecule has 0 heterocycles. The second-order valence-electron chi connectivity index (χ2n) is 4.77. The van der Waals surface area contributed by atoms with Crippen molar-refractivity contribution in [1.82, 2.24) is 5.32 Å². The van der Waals surface area contributed by atoms with Crippen molar-refractivity contribution in [2.75, 3.05) is 18.4 Å². The molecule has 2 aromatic rings. The number of hydrogen-bond acceptors (Lipinski definition) is 3. The number of halogens is 2. The predicted octanol–water partition coefficient (Wildman–Crippen LogP) is 2.96. The Morgan fingerprint density at radius 1 is 1.18 bits per heavy atom. The fourth-order valence-electron chi connectivity index (χ4n) is 1.88. The van der Waals surface area contributed by atoms with Crippen molar-refractivity contribution in [3.8, 4) is 5.75 Å². The summed E-state index contributed by atoms with van der Waals surface area (Å²) in [6, 6.07) is 11.0. The first-order valence-electron chi connectivity index (χ1n) is 6.78. The maximum atomic E-state index is 13.5. The third-order valence-electron chi connectivity index (χ3n) is 3.02. The van der Waals surface area contributed by atoms with E-state index in [0.717, 1.165) is 18.1 Å². The van der Waals surface area contributed by atoms with E-state index in [1.807, 2.05) is 12.1 Å². The summed E-state index contributed by atoms with van der Waals surface area (Å²) in [5.41, 5.74) is 1.16. The maximum absolute atomic E-state index is 13.5. The Labute approximate surface area is 132 Å². The number of benzene rings is 2. The summed E-state index contributed by atoms with van der Waals surface area (Å²) < 4.78 is 13.5. The van der Waals surface area contributed by atoms with Crippen molar-refractivity contribution in [3.05, 3.63) is 58.9 Å². The van der Waals surface area contributed by atoms with Crippen LogP contribution in [0.3, 0.4) is 0 Å². The lowest BCUT2D eigenvalue weighted by Crippen LogP contribution is -2.29. The molecule has 0 saturated carbocycles. The second kappa shape index (κ2) is 7.77. The fraction of sp³-hybridized carbons (Fsp3) is 0.188. The normalized spacial score (nSPS) is 10.5. The van der Waals surface area contributed by atoms with Crippen molar-refractivity contribution >= 4 is 23.2 Å². The zero-order valence-corrected chi connectivity index (χ0v) is 12.5. The first-order valence-corrected chi connectivity index (χ1v) is 7.16. The highest BCUT2D eigenvalue weighted by Crippen LogP contribution is 2.18. The van der Waals surface area contributed by atoms with Crippen molar-refractivity contribution in [3.63, 3.8) is 0 Å². The Kier molecular flexibility index (Phi) is 5.75. The average molecular weight is 323 g/mol. The molecule has 3 N–H and O–H groups in total. The van der Waals surface area contributed by atoms with Crippen LogP contribution in [-0.2, 0) is 11.2 Å². The largest absolute Gasteiger partial charge is 0.508 e. The van der Waals surface area contributed by atoms with E-state index < -0.39 is 5.82 Å². The highest BCUT2D eigenvalue weighted by molar-refractivity contribution is 6.30. The second-order valence-corrected chi connectivity index (χ2v) is 5.20. The van der Waals surface area contributed by atoms with Crippen LogP contribution in [0.15, 0.2) is 42.5 Å². The van der Waals surface area contributed by atoms with Gasteiger partial charge >= 0.3 is 0 Å². The van der Waals surface area contributed by atoms with Crippen LogP contribution < -0.4 is 10.6 Å². The van der Waals surface area contributed by atoms with Crippen LogP contribution in [-0.4, -0.2) is 24.1 Å². The minimum Gasteiger partial charge on any atom is -0.508 e. The van der Waals surface area contributed by atoms with Crippen molar-refractivity contribution < 1.29 is 14.3 Å². The SMILES string of the molecule is O=C(CNCCc1ccc(O)cc1)Nc1ccc(Cl)cc1F. The summed E-state index contributed by atoms with van der Waals surface area (Å²) in [5.74, 6) is -0.669. The first kappa shape index (κ1) is 16.3. The zero-order valence-electron chi connectivity index (χ0n) is 11.8. The van der Waals surface area contributed by atoms with E-state index in [0.29, 0.717) is 6.54 Å². The molecule has 0 aliphatic rings. The van der Waals surface area contributed by atoms with Gasteiger partial charge in [-0.1, -0.05) is 23.7 Å². The van der Waals surface area contributed by atoms with E-state index in [1.165, 1.54) is 12.1 Å². The predicted molar refractivity (Wildman–Crippen MR) is 84.7 cm³/mol. The number of phenols is 1. The van der Waals surface area contributed by atoms with E-state index in [9.17, 15) is 14.3 Å². The molecule has 4 nitrogen and oxygen atoms in total. The molecule has 0 bridgehead atoms. The molecule has 0 saturated heterocycles. The number of amides is 1. The first-order chi connectivity index (χ1) is 10.5. The molecule has 0 unspecified atom stereocenters. The van der Waals surface area contributed by atoms with E-state index in [-0.39, 0.29) is 28.9 Å². The summed E-state index contributed by atoms with van der Waals surface area (Å²) in [4.78, 5) is 11.7. The number of anilines is 1. The van der Waals surface area contributed by atoms with Gasteiger partial charge in [0.15, 0.2) is 0 Å². The summed E-state index contributed by atoms with van der Waals surface area (Å²) >= 11 is 5.64. The Morgan fingerprint density at radius 3 is 2.59 bits per heavy atom. The van der Waals surface area contributed by atoms with Crippen molar-refractivity contribution in [2.45, 2.75) is 6.42 Å². The third-order valence-corrected chi connectivity index (χ3v) is 3.25. The molecular formula is C16H16ClFN2O2. The van der Waals surface area contributed by atoms with Crippen LogP contribution in [0.25, 0.3) is 0 Å². The lowest BCUT2D eigenvalue weighted by Gasteiger charge is -2.08. The van der Waals surface area contributed by atoms with Gasteiger partial charge in [0, 0.05) is 5.02 Å². The number of nitrogens with one attached hydrogen (secondary N) is 2. The smallest absolute Gasteiger partial charge is 0.238 e. The Bertz CT molecular complexity index is 647. The van der Waals surface area contributed by atoms with Crippen LogP contribution in [0.2, 0.25) is 5.02 Å². The van der Waals surface area contributed by atoms with Gasteiger partial charge in [0.1, 0.15) is 11.6 Å².